The summed E-state index contributed by atoms with van der Waals surface area (Å²) in [6.07, 6.45) is 4.61. The molecule has 4 aromatic rings. The smallest absolute Gasteiger partial charge is 0.116 e. The topological polar surface area (TPSA) is 45.1 Å². The third-order valence-corrected chi connectivity index (χ3v) is 5.87. The number of aromatic nitrogens is 1. The van der Waals surface area contributed by atoms with Gasteiger partial charge in [0.1, 0.15) is 5.75 Å². The van der Waals surface area contributed by atoms with Gasteiger partial charge >= 0.3 is 0 Å². The van der Waals surface area contributed by atoms with Crippen LogP contribution in [-0.4, -0.2) is 10.1 Å². The molecule has 1 heterocycles. The summed E-state index contributed by atoms with van der Waals surface area (Å²) in [6, 6.07) is 26.4. The minimum atomic E-state index is 0.282. The Balaban J connectivity index is 0.00000158. The van der Waals surface area contributed by atoms with Crippen LogP contribution in [0.4, 0.5) is 0 Å². The molecule has 4 rings (SSSR count). The van der Waals surface area contributed by atoms with Crippen LogP contribution in [-0.2, 0) is 0 Å². The van der Waals surface area contributed by atoms with E-state index in [9.17, 15) is 5.11 Å². The standard InChI is InChI=1S/C29H28N2O.C2H6/c1-4-20(2)28(22-8-6-5-7-9-22)31-29(23-14-16-30-17-15-23)21(3)24-10-11-26-19-27(32)13-12-25(26)18-24;1-2/h5-19,31-32H,4H2,1-3H3;1-2H3/b28-20+,29-21+;. The minimum absolute atomic E-state index is 0.282. The molecular formula is C31H34N2O. The van der Waals surface area contributed by atoms with Gasteiger partial charge in [-0.3, -0.25) is 4.98 Å². The van der Waals surface area contributed by atoms with Gasteiger partial charge < -0.3 is 10.4 Å². The maximum Gasteiger partial charge on any atom is 0.116 e. The summed E-state index contributed by atoms with van der Waals surface area (Å²) in [7, 11) is 0. The van der Waals surface area contributed by atoms with E-state index in [1.807, 2.05) is 50.5 Å². The van der Waals surface area contributed by atoms with Crippen molar-refractivity contribution < 1.29 is 5.11 Å². The van der Waals surface area contributed by atoms with Crippen LogP contribution in [0.3, 0.4) is 0 Å². The van der Waals surface area contributed by atoms with Crippen molar-refractivity contribution in [3.05, 3.63) is 114 Å². The van der Waals surface area contributed by atoms with Gasteiger partial charge in [0.2, 0.25) is 0 Å². The second-order valence-corrected chi connectivity index (χ2v) is 7.98. The molecule has 0 atom stereocenters. The lowest BCUT2D eigenvalue weighted by Crippen LogP contribution is -2.14. The molecule has 0 unspecified atom stereocenters. The summed E-state index contributed by atoms with van der Waals surface area (Å²) in [5, 5.41) is 15.7. The molecule has 0 radical (unpaired) electrons. The highest BCUT2D eigenvalue weighted by atomic mass is 16.3. The van der Waals surface area contributed by atoms with Gasteiger partial charge in [-0.25, -0.2) is 0 Å². The van der Waals surface area contributed by atoms with Gasteiger partial charge in [0, 0.05) is 29.4 Å². The van der Waals surface area contributed by atoms with Crippen LogP contribution in [0, 0.1) is 0 Å². The Morgan fingerprint density at radius 3 is 2.03 bits per heavy atom. The van der Waals surface area contributed by atoms with Crippen molar-refractivity contribution in [3.8, 4) is 5.75 Å². The summed E-state index contributed by atoms with van der Waals surface area (Å²) < 4.78 is 0. The number of rotatable bonds is 6. The van der Waals surface area contributed by atoms with Crippen molar-refractivity contribution in [3.63, 3.8) is 0 Å². The molecule has 0 fully saturated rings. The van der Waals surface area contributed by atoms with Gasteiger partial charge in [-0.2, -0.15) is 0 Å². The van der Waals surface area contributed by atoms with Crippen LogP contribution in [0.5, 0.6) is 5.75 Å². The van der Waals surface area contributed by atoms with Gasteiger partial charge in [-0.15, -0.1) is 0 Å². The summed E-state index contributed by atoms with van der Waals surface area (Å²) in [5.74, 6) is 0.282. The fraction of sp³-hybridized carbons (Fsp3) is 0.194. The van der Waals surface area contributed by atoms with Gasteiger partial charge in [-0.05, 0) is 83.6 Å². The molecule has 0 saturated heterocycles. The third kappa shape index (κ3) is 5.74. The first-order valence-electron chi connectivity index (χ1n) is 11.9. The maximum atomic E-state index is 9.80. The first-order valence-corrected chi connectivity index (χ1v) is 11.9. The summed E-state index contributed by atoms with van der Waals surface area (Å²) in [5.41, 5.74) is 8.00. The molecule has 3 heteroatoms. The van der Waals surface area contributed by atoms with Gasteiger partial charge in [-0.1, -0.05) is 69.3 Å². The van der Waals surface area contributed by atoms with Crippen LogP contribution < -0.4 is 5.32 Å². The van der Waals surface area contributed by atoms with Crippen LogP contribution in [0.2, 0.25) is 0 Å². The molecule has 3 aromatic carbocycles. The molecule has 0 bridgehead atoms. The zero-order valence-corrected chi connectivity index (χ0v) is 20.8. The Hall–Kier alpha value is -3.85. The highest BCUT2D eigenvalue weighted by Gasteiger charge is 2.13. The second-order valence-electron chi connectivity index (χ2n) is 7.98. The zero-order chi connectivity index (χ0) is 24.5. The van der Waals surface area contributed by atoms with Crippen molar-refractivity contribution in [1.29, 1.82) is 0 Å². The Bertz CT molecular complexity index is 1290. The van der Waals surface area contributed by atoms with Gasteiger partial charge in [0.15, 0.2) is 0 Å². The quantitative estimate of drug-likeness (QED) is 0.311. The molecule has 0 aliphatic carbocycles. The van der Waals surface area contributed by atoms with Crippen molar-refractivity contribution in [2.75, 3.05) is 0 Å². The molecule has 3 nitrogen and oxygen atoms in total. The van der Waals surface area contributed by atoms with Crippen molar-refractivity contribution >= 4 is 27.7 Å². The normalized spacial score (nSPS) is 12.3. The molecule has 0 spiro atoms. The monoisotopic (exact) mass is 450 g/mol. The van der Waals surface area contributed by atoms with E-state index in [2.05, 4.69) is 73.5 Å². The average molecular weight is 451 g/mol. The van der Waals surface area contributed by atoms with E-state index in [-0.39, 0.29) is 5.75 Å². The number of phenols is 1. The number of aromatic hydroxyl groups is 1. The van der Waals surface area contributed by atoms with E-state index in [1.165, 1.54) is 11.1 Å². The van der Waals surface area contributed by atoms with Crippen LogP contribution in [0.25, 0.3) is 27.7 Å². The number of phenolic OH excluding ortho intramolecular Hbond substituents is 1. The molecule has 0 aliphatic heterocycles. The highest BCUT2D eigenvalue weighted by Crippen LogP contribution is 2.30. The summed E-state index contributed by atoms with van der Waals surface area (Å²) >= 11 is 0. The SMILES string of the molecule is CC.CC/C(C)=C(/N/C(=C(\C)c1ccc2cc(O)ccc2c1)c1ccncc1)c1ccccc1. The third-order valence-electron chi connectivity index (χ3n) is 5.87. The van der Waals surface area contributed by atoms with Crippen LogP contribution in [0.1, 0.15) is 57.7 Å². The van der Waals surface area contributed by atoms with E-state index < -0.39 is 0 Å². The number of allylic oxidation sites excluding steroid dienone is 2. The summed E-state index contributed by atoms with van der Waals surface area (Å²) in [6.45, 7) is 10.5. The molecule has 0 aliphatic rings. The second kappa shape index (κ2) is 11.9. The number of hydrogen-bond donors (Lipinski definition) is 2. The predicted octanol–water partition coefficient (Wildman–Crippen LogP) is 8.29. The number of nitrogens with zero attached hydrogens (tertiary/aromatic N) is 1. The largest absolute Gasteiger partial charge is 0.508 e. The number of nitrogens with one attached hydrogen (secondary N) is 1. The molecule has 174 valence electrons. The lowest BCUT2D eigenvalue weighted by molar-refractivity contribution is 0.476. The number of hydrogen-bond acceptors (Lipinski definition) is 3. The van der Waals surface area contributed by atoms with E-state index in [0.29, 0.717) is 0 Å². The summed E-state index contributed by atoms with van der Waals surface area (Å²) in [4.78, 5) is 4.21. The predicted molar refractivity (Wildman–Crippen MR) is 146 cm³/mol. The lowest BCUT2D eigenvalue weighted by Gasteiger charge is -2.21. The Morgan fingerprint density at radius 1 is 0.735 bits per heavy atom. The van der Waals surface area contributed by atoms with Crippen LogP contribution in [0.15, 0.2) is 96.8 Å². The first-order chi connectivity index (χ1) is 16.6. The molecule has 0 saturated carbocycles. The maximum absolute atomic E-state index is 9.80. The van der Waals surface area contributed by atoms with E-state index in [4.69, 9.17) is 0 Å². The van der Waals surface area contributed by atoms with E-state index in [1.54, 1.807) is 12.1 Å². The highest BCUT2D eigenvalue weighted by molar-refractivity contribution is 5.96. The first kappa shape index (κ1) is 24.8. The molecule has 34 heavy (non-hydrogen) atoms. The zero-order valence-electron chi connectivity index (χ0n) is 20.8. The molecule has 1 aromatic heterocycles. The molecule has 2 N–H and O–H groups in total. The van der Waals surface area contributed by atoms with Crippen molar-refractivity contribution in [2.45, 2.75) is 41.0 Å². The lowest BCUT2D eigenvalue weighted by atomic mass is 9.97. The van der Waals surface area contributed by atoms with Gasteiger partial charge in [0.25, 0.3) is 0 Å². The van der Waals surface area contributed by atoms with Crippen LogP contribution >= 0.6 is 0 Å². The van der Waals surface area contributed by atoms with Gasteiger partial charge in [0.05, 0.1) is 0 Å². The average Bonchev–Trinajstić information content (AvgIpc) is 2.90. The van der Waals surface area contributed by atoms with E-state index in [0.717, 1.165) is 45.3 Å². The number of fused-ring (bicyclic) bond motifs is 1. The minimum Gasteiger partial charge on any atom is -0.508 e. The Labute approximate surface area is 203 Å². The van der Waals surface area contributed by atoms with Crippen molar-refractivity contribution in [1.82, 2.24) is 10.3 Å². The fourth-order valence-electron chi connectivity index (χ4n) is 3.84. The van der Waals surface area contributed by atoms with E-state index >= 15 is 0 Å². The molecule has 0 amide bonds. The number of pyridine rings is 1. The number of benzene rings is 3. The Kier molecular flexibility index (Phi) is 8.64. The molecular weight excluding hydrogens is 416 g/mol. The fourth-order valence-corrected chi connectivity index (χ4v) is 3.84. The Morgan fingerprint density at radius 2 is 1.35 bits per heavy atom. The van der Waals surface area contributed by atoms with Crippen molar-refractivity contribution in [2.24, 2.45) is 0 Å².